The highest BCUT2D eigenvalue weighted by Gasteiger charge is 2.17. The summed E-state index contributed by atoms with van der Waals surface area (Å²) in [6.07, 6.45) is 3.94. The second-order valence-corrected chi connectivity index (χ2v) is 9.24. The zero-order valence-electron chi connectivity index (χ0n) is 17.2. The van der Waals surface area contributed by atoms with E-state index in [4.69, 9.17) is 17.3 Å². The van der Waals surface area contributed by atoms with E-state index >= 15 is 0 Å². The SMILES string of the molecule is CC(=NCC(=S)Cc1cccc(C(=O)O)c1)c1csc(-c2ccc3c(c2)CCC3)c1O. The van der Waals surface area contributed by atoms with Crippen LogP contribution in [-0.2, 0) is 19.3 Å². The average molecular weight is 450 g/mol. The van der Waals surface area contributed by atoms with Crippen molar-refractivity contribution < 1.29 is 15.0 Å². The number of aromatic hydroxyl groups is 1. The fourth-order valence-electron chi connectivity index (χ4n) is 3.92. The van der Waals surface area contributed by atoms with Crippen molar-refractivity contribution in [2.45, 2.75) is 32.6 Å². The molecule has 31 heavy (non-hydrogen) atoms. The van der Waals surface area contributed by atoms with Gasteiger partial charge in [-0.15, -0.1) is 11.3 Å². The van der Waals surface area contributed by atoms with Gasteiger partial charge in [-0.05, 0) is 66.6 Å². The largest absolute Gasteiger partial charge is 0.506 e. The molecule has 0 aliphatic heterocycles. The zero-order valence-corrected chi connectivity index (χ0v) is 18.9. The molecule has 0 amide bonds. The minimum Gasteiger partial charge on any atom is -0.506 e. The second-order valence-electron chi connectivity index (χ2n) is 7.79. The molecule has 0 saturated heterocycles. The van der Waals surface area contributed by atoms with Crippen molar-refractivity contribution >= 4 is 40.1 Å². The van der Waals surface area contributed by atoms with Crippen LogP contribution in [0.2, 0.25) is 0 Å². The van der Waals surface area contributed by atoms with E-state index in [1.165, 1.54) is 28.9 Å². The molecule has 4 nitrogen and oxygen atoms in total. The Hall–Kier alpha value is -2.83. The van der Waals surface area contributed by atoms with Gasteiger partial charge in [0.05, 0.1) is 17.0 Å². The molecule has 3 aromatic rings. The Morgan fingerprint density at radius 2 is 1.97 bits per heavy atom. The van der Waals surface area contributed by atoms with Gasteiger partial charge in [-0.3, -0.25) is 4.99 Å². The van der Waals surface area contributed by atoms with E-state index in [1.807, 2.05) is 18.4 Å². The Morgan fingerprint density at radius 1 is 1.16 bits per heavy atom. The summed E-state index contributed by atoms with van der Waals surface area (Å²) in [4.78, 5) is 17.3. The molecule has 0 unspecified atom stereocenters. The first-order valence-electron chi connectivity index (χ1n) is 10.2. The average Bonchev–Trinajstić information content (AvgIpc) is 3.38. The number of carbonyl (C=O) groups is 1. The number of rotatable bonds is 7. The fourth-order valence-corrected chi connectivity index (χ4v) is 5.15. The van der Waals surface area contributed by atoms with Crippen LogP contribution in [-0.4, -0.2) is 33.3 Å². The lowest BCUT2D eigenvalue weighted by molar-refractivity contribution is 0.0696. The van der Waals surface area contributed by atoms with Gasteiger partial charge in [0.15, 0.2) is 0 Å². The lowest BCUT2D eigenvalue weighted by atomic mass is 10.0. The summed E-state index contributed by atoms with van der Waals surface area (Å²) in [5.74, 6) is -0.682. The molecule has 1 aliphatic carbocycles. The first kappa shape index (κ1) is 21.4. The zero-order chi connectivity index (χ0) is 22.0. The molecule has 0 radical (unpaired) electrons. The first-order chi connectivity index (χ1) is 14.9. The molecule has 0 saturated carbocycles. The molecule has 0 fully saturated rings. The number of aromatic carboxylic acids is 1. The summed E-state index contributed by atoms with van der Waals surface area (Å²) >= 11 is 6.98. The van der Waals surface area contributed by atoms with Crippen LogP contribution in [0.25, 0.3) is 10.4 Å². The molecule has 2 N–H and O–H groups in total. The number of carboxylic acid groups (broad SMARTS) is 1. The van der Waals surface area contributed by atoms with Crippen molar-refractivity contribution in [3.05, 3.63) is 75.7 Å². The Labute approximate surface area is 190 Å². The van der Waals surface area contributed by atoms with Crippen LogP contribution < -0.4 is 0 Å². The summed E-state index contributed by atoms with van der Waals surface area (Å²) in [7, 11) is 0. The molecule has 1 heterocycles. The number of nitrogens with zero attached hydrogens (tertiary/aromatic N) is 1. The van der Waals surface area contributed by atoms with Gasteiger partial charge in [0.25, 0.3) is 0 Å². The van der Waals surface area contributed by atoms with Crippen molar-refractivity contribution in [1.82, 2.24) is 0 Å². The van der Waals surface area contributed by atoms with Crippen LogP contribution >= 0.6 is 23.6 Å². The molecule has 0 atom stereocenters. The third kappa shape index (κ3) is 4.75. The van der Waals surface area contributed by atoms with Gasteiger partial charge in [-0.2, -0.15) is 0 Å². The molecule has 1 aliphatic rings. The molecule has 4 rings (SSSR count). The Balaban J connectivity index is 1.46. The maximum atomic E-state index is 11.1. The number of fused-ring (bicyclic) bond motifs is 1. The monoisotopic (exact) mass is 449 g/mol. The molecule has 0 bridgehead atoms. The summed E-state index contributed by atoms with van der Waals surface area (Å²) in [5.41, 5.74) is 6.43. The minimum absolute atomic E-state index is 0.252. The number of benzene rings is 2. The number of hydrogen-bond donors (Lipinski definition) is 2. The first-order valence-corrected chi connectivity index (χ1v) is 11.5. The van der Waals surface area contributed by atoms with Crippen LogP contribution in [0, 0.1) is 0 Å². The van der Waals surface area contributed by atoms with Crippen LogP contribution in [0.5, 0.6) is 5.75 Å². The fraction of sp³-hybridized carbons (Fsp3) is 0.240. The van der Waals surface area contributed by atoms with Crippen LogP contribution in [0.3, 0.4) is 0 Å². The van der Waals surface area contributed by atoms with Crippen molar-refractivity contribution in [2.75, 3.05) is 6.54 Å². The predicted molar refractivity (Wildman–Crippen MR) is 130 cm³/mol. The standard InChI is InChI=1S/C25H23NO3S2/c1-15(26-13-21(30)11-16-4-2-7-20(10-16)25(28)29)22-14-31-24(23(22)27)19-9-8-17-5-3-6-18(17)12-19/h2,4,7-10,12,14,27H,3,5-6,11,13H2,1H3,(H,28,29). The van der Waals surface area contributed by atoms with Gasteiger partial charge < -0.3 is 10.2 Å². The summed E-state index contributed by atoms with van der Waals surface area (Å²) in [6, 6.07) is 13.3. The molecule has 158 valence electrons. The van der Waals surface area contributed by atoms with E-state index in [1.54, 1.807) is 18.2 Å². The molecular formula is C25H23NO3S2. The summed E-state index contributed by atoms with van der Waals surface area (Å²) < 4.78 is 0. The van der Waals surface area contributed by atoms with Gasteiger partial charge >= 0.3 is 5.97 Å². The van der Waals surface area contributed by atoms with Gasteiger partial charge in [-0.25, -0.2) is 4.79 Å². The third-order valence-corrected chi connectivity index (χ3v) is 6.87. The van der Waals surface area contributed by atoms with Gasteiger partial charge in [0.1, 0.15) is 5.75 Å². The number of thiophene rings is 1. The van der Waals surface area contributed by atoms with Crippen LogP contribution in [0.4, 0.5) is 0 Å². The van der Waals surface area contributed by atoms with E-state index in [9.17, 15) is 9.90 Å². The number of thiocarbonyl (C=S) groups is 1. The number of hydrogen-bond acceptors (Lipinski definition) is 5. The Kier molecular flexibility index (Phi) is 6.30. The lowest BCUT2D eigenvalue weighted by Gasteiger charge is -2.06. The van der Waals surface area contributed by atoms with Crippen LogP contribution in [0.1, 0.15) is 46.0 Å². The van der Waals surface area contributed by atoms with E-state index in [0.717, 1.165) is 45.0 Å². The second kappa shape index (κ2) is 9.12. The maximum absolute atomic E-state index is 11.1. The maximum Gasteiger partial charge on any atom is 0.335 e. The summed E-state index contributed by atoms with van der Waals surface area (Å²) in [5, 5.41) is 21.9. The predicted octanol–water partition coefficient (Wildman–Crippen LogP) is 5.73. The van der Waals surface area contributed by atoms with Gasteiger partial charge in [-0.1, -0.05) is 36.5 Å². The Bertz CT molecular complexity index is 1190. The van der Waals surface area contributed by atoms with E-state index < -0.39 is 5.97 Å². The highest BCUT2D eigenvalue weighted by atomic mass is 32.1. The Morgan fingerprint density at radius 3 is 2.77 bits per heavy atom. The third-order valence-electron chi connectivity index (χ3n) is 5.58. The molecule has 0 spiro atoms. The molecule has 2 aromatic carbocycles. The number of aliphatic imine (C=N–C) groups is 1. The van der Waals surface area contributed by atoms with Crippen molar-refractivity contribution in [3.63, 3.8) is 0 Å². The molecule has 1 aromatic heterocycles. The quantitative estimate of drug-likeness (QED) is 0.357. The van der Waals surface area contributed by atoms with E-state index in [0.29, 0.717) is 13.0 Å². The van der Waals surface area contributed by atoms with E-state index in [-0.39, 0.29) is 11.3 Å². The smallest absolute Gasteiger partial charge is 0.335 e. The highest BCUT2D eigenvalue weighted by molar-refractivity contribution is 7.80. The normalized spacial score (nSPS) is 13.3. The number of aryl methyl sites for hydroxylation is 2. The minimum atomic E-state index is -0.950. The van der Waals surface area contributed by atoms with Gasteiger partial charge in [0, 0.05) is 27.9 Å². The van der Waals surface area contributed by atoms with Crippen LogP contribution in [0.15, 0.2) is 52.8 Å². The topological polar surface area (TPSA) is 69.9 Å². The molecular weight excluding hydrogens is 426 g/mol. The number of carboxylic acids is 1. The van der Waals surface area contributed by atoms with E-state index in [2.05, 4.69) is 23.2 Å². The van der Waals surface area contributed by atoms with Gasteiger partial charge in [0.2, 0.25) is 0 Å². The van der Waals surface area contributed by atoms with Crippen molar-refractivity contribution in [1.29, 1.82) is 0 Å². The highest BCUT2D eigenvalue weighted by Crippen LogP contribution is 2.40. The molecule has 6 heteroatoms. The van der Waals surface area contributed by atoms with Crippen molar-refractivity contribution in [3.8, 4) is 16.2 Å². The van der Waals surface area contributed by atoms with Crippen molar-refractivity contribution in [2.24, 2.45) is 4.99 Å². The lowest BCUT2D eigenvalue weighted by Crippen LogP contribution is -2.07. The summed E-state index contributed by atoms with van der Waals surface area (Å²) in [6.45, 7) is 2.23.